The van der Waals surface area contributed by atoms with Crippen molar-refractivity contribution in [2.75, 3.05) is 7.11 Å². The predicted octanol–water partition coefficient (Wildman–Crippen LogP) is 2.66. The molecule has 1 aromatic heterocycles. The van der Waals surface area contributed by atoms with Crippen molar-refractivity contribution in [2.24, 2.45) is 0 Å². The highest BCUT2D eigenvalue weighted by molar-refractivity contribution is 6.25. The van der Waals surface area contributed by atoms with Crippen molar-refractivity contribution >= 4 is 17.5 Å². The number of hydrogen-bond acceptors (Lipinski definition) is 4. The first kappa shape index (κ1) is 13.6. The SMILES string of the molecule is COC(=O)C1=C(O)c2c(C3CC3)ccn2C2(CCCC2)C1=O. The fourth-order valence-electron chi connectivity index (χ4n) is 4.07. The molecule has 0 unspecified atom stereocenters. The zero-order valence-corrected chi connectivity index (χ0v) is 12.6. The number of esters is 1. The van der Waals surface area contributed by atoms with E-state index in [9.17, 15) is 14.7 Å². The summed E-state index contributed by atoms with van der Waals surface area (Å²) in [7, 11) is 1.24. The van der Waals surface area contributed by atoms with Crippen molar-refractivity contribution in [3.63, 3.8) is 0 Å². The number of methoxy groups -OCH3 is 1. The van der Waals surface area contributed by atoms with Crippen LogP contribution < -0.4 is 0 Å². The van der Waals surface area contributed by atoms with Crippen molar-refractivity contribution in [2.45, 2.75) is 50.0 Å². The molecule has 1 spiro atoms. The number of carbonyl (C=O) groups is 2. The summed E-state index contributed by atoms with van der Waals surface area (Å²) in [6, 6.07) is 2.00. The Kier molecular flexibility index (Phi) is 2.77. The summed E-state index contributed by atoms with van der Waals surface area (Å²) >= 11 is 0. The molecule has 1 aromatic rings. The molecule has 2 heterocycles. The average Bonchev–Trinajstić information content (AvgIpc) is 3.07. The maximum absolute atomic E-state index is 13.0. The standard InChI is InChI=1S/C17H19NO4/c1-22-16(21)12-14(19)13-11(10-4-5-10)6-9-18(13)17(15(12)20)7-2-3-8-17/h6,9-10,19H,2-5,7-8H2,1H3. The molecule has 0 atom stereocenters. The molecule has 1 aliphatic heterocycles. The number of aromatic nitrogens is 1. The molecule has 2 fully saturated rings. The van der Waals surface area contributed by atoms with Crippen LogP contribution in [0.2, 0.25) is 0 Å². The van der Waals surface area contributed by atoms with E-state index in [1.54, 1.807) is 0 Å². The molecule has 5 heteroatoms. The third kappa shape index (κ3) is 1.59. The van der Waals surface area contributed by atoms with Crippen LogP contribution in [0.4, 0.5) is 0 Å². The Morgan fingerprint density at radius 1 is 1.36 bits per heavy atom. The van der Waals surface area contributed by atoms with Gasteiger partial charge in [-0.05, 0) is 43.2 Å². The van der Waals surface area contributed by atoms with E-state index in [1.807, 2.05) is 16.8 Å². The van der Waals surface area contributed by atoms with E-state index < -0.39 is 11.5 Å². The molecule has 3 aliphatic rings. The van der Waals surface area contributed by atoms with Crippen LogP contribution in [-0.4, -0.2) is 28.5 Å². The number of carbonyl (C=O) groups excluding carboxylic acids is 2. The molecule has 4 rings (SSSR count). The van der Waals surface area contributed by atoms with Crippen LogP contribution in [0, 0.1) is 0 Å². The summed E-state index contributed by atoms with van der Waals surface area (Å²) < 4.78 is 6.68. The molecular weight excluding hydrogens is 282 g/mol. The topological polar surface area (TPSA) is 68.5 Å². The van der Waals surface area contributed by atoms with Gasteiger partial charge in [0.15, 0.2) is 11.5 Å². The van der Waals surface area contributed by atoms with Crippen molar-refractivity contribution in [1.82, 2.24) is 4.57 Å². The van der Waals surface area contributed by atoms with Crippen molar-refractivity contribution in [1.29, 1.82) is 0 Å². The molecule has 0 aromatic carbocycles. The van der Waals surface area contributed by atoms with E-state index in [0.717, 1.165) is 31.2 Å². The fraction of sp³-hybridized carbons (Fsp3) is 0.529. The third-order valence-corrected chi connectivity index (χ3v) is 5.33. The summed E-state index contributed by atoms with van der Waals surface area (Å²) in [5, 5.41) is 10.6. The Labute approximate surface area is 128 Å². The molecule has 0 amide bonds. The van der Waals surface area contributed by atoms with Crippen LogP contribution >= 0.6 is 0 Å². The number of hydrogen-bond donors (Lipinski definition) is 1. The molecule has 116 valence electrons. The first-order chi connectivity index (χ1) is 10.6. The maximum atomic E-state index is 13.0. The van der Waals surface area contributed by atoms with Gasteiger partial charge in [-0.3, -0.25) is 4.79 Å². The van der Waals surface area contributed by atoms with Crippen LogP contribution in [0.25, 0.3) is 5.76 Å². The largest absolute Gasteiger partial charge is 0.505 e. The smallest absolute Gasteiger partial charge is 0.345 e. The van der Waals surface area contributed by atoms with E-state index in [0.29, 0.717) is 24.5 Å². The first-order valence-corrected chi connectivity index (χ1v) is 7.88. The zero-order chi connectivity index (χ0) is 15.5. The number of aliphatic hydroxyl groups is 1. The minimum atomic E-state index is -0.733. The van der Waals surface area contributed by atoms with E-state index >= 15 is 0 Å². The number of rotatable bonds is 2. The van der Waals surface area contributed by atoms with E-state index in [1.165, 1.54) is 7.11 Å². The lowest BCUT2D eigenvalue weighted by atomic mass is 9.82. The van der Waals surface area contributed by atoms with Crippen LogP contribution in [-0.2, 0) is 19.9 Å². The minimum Gasteiger partial charge on any atom is -0.505 e. The molecule has 1 N–H and O–H groups in total. The second kappa shape index (κ2) is 4.48. The number of aliphatic hydroxyl groups excluding tert-OH is 1. The summed E-state index contributed by atoms with van der Waals surface area (Å²) in [5.41, 5.74) is 0.831. The van der Waals surface area contributed by atoms with Crippen LogP contribution in [0.5, 0.6) is 0 Å². The van der Waals surface area contributed by atoms with Gasteiger partial charge in [0.1, 0.15) is 11.1 Å². The zero-order valence-electron chi connectivity index (χ0n) is 12.6. The highest BCUT2D eigenvalue weighted by Crippen LogP contribution is 2.50. The fourth-order valence-corrected chi connectivity index (χ4v) is 4.07. The highest BCUT2D eigenvalue weighted by Gasteiger charge is 2.52. The van der Waals surface area contributed by atoms with Gasteiger partial charge >= 0.3 is 5.97 Å². The van der Waals surface area contributed by atoms with Gasteiger partial charge in [0.05, 0.1) is 12.8 Å². The molecule has 2 saturated carbocycles. The Balaban J connectivity index is 1.98. The number of Topliss-reactive ketones (excluding diaryl/α,β-unsaturated/α-hetero) is 1. The lowest BCUT2D eigenvalue weighted by Gasteiger charge is -2.35. The number of ether oxygens (including phenoxy) is 1. The molecular formula is C17H19NO4. The molecule has 0 radical (unpaired) electrons. The quantitative estimate of drug-likeness (QED) is 0.673. The van der Waals surface area contributed by atoms with Gasteiger partial charge < -0.3 is 14.4 Å². The molecule has 0 bridgehead atoms. The van der Waals surface area contributed by atoms with Crippen LogP contribution in [0.15, 0.2) is 17.8 Å². The van der Waals surface area contributed by atoms with E-state index in [4.69, 9.17) is 4.74 Å². The predicted molar refractivity (Wildman–Crippen MR) is 79.4 cm³/mol. The van der Waals surface area contributed by atoms with Crippen LogP contribution in [0.1, 0.15) is 55.7 Å². The Hall–Kier alpha value is -2.04. The van der Waals surface area contributed by atoms with Crippen LogP contribution in [0.3, 0.4) is 0 Å². The Morgan fingerprint density at radius 2 is 2.05 bits per heavy atom. The highest BCUT2D eigenvalue weighted by atomic mass is 16.5. The van der Waals surface area contributed by atoms with Crippen molar-refractivity contribution in [3.8, 4) is 0 Å². The van der Waals surface area contributed by atoms with Gasteiger partial charge in [-0.1, -0.05) is 12.8 Å². The minimum absolute atomic E-state index is 0.169. The van der Waals surface area contributed by atoms with Gasteiger partial charge in [0, 0.05) is 6.20 Å². The third-order valence-electron chi connectivity index (χ3n) is 5.33. The maximum Gasteiger partial charge on any atom is 0.345 e. The summed E-state index contributed by atoms with van der Waals surface area (Å²) in [4.78, 5) is 25.1. The van der Waals surface area contributed by atoms with E-state index in [2.05, 4.69) is 0 Å². The van der Waals surface area contributed by atoms with Crippen molar-refractivity contribution < 1.29 is 19.4 Å². The number of fused-ring (bicyclic) bond motifs is 2. The molecule has 2 aliphatic carbocycles. The second-order valence-corrected chi connectivity index (χ2v) is 6.55. The van der Waals surface area contributed by atoms with Crippen molar-refractivity contribution in [3.05, 3.63) is 29.1 Å². The summed E-state index contributed by atoms with van der Waals surface area (Å²) in [5.74, 6) is -0.798. The summed E-state index contributed by atoms with van der Waals surface area (Å²) in [6.45, 7) is 0. The molecule has 0 saturated heterocycles. The molecule has 5 nitrogen and oxygen atoms in total. The number of ketones is 1. The van der Waals surface area contributed by atoms with Gasteiger partial charge in [-0.25, -0.2) is 4.79 Å². The Bertz CT molecular complexity index is 702. The average molecular weight is 301 g/mol. The summed E-state index contributed by atoms with van der Waals surface area (Å²) in [6.07, 6.45) is 7.44. The molecule has 22 heavy (non-hydrogen) atoms. The first-order valence-electron chi connectivity index (χ1n) is 7.88. The van der Waals surface area contributed by atoms with Gasteiger partial charge in [-0.2, -0.15) is 0 Å². The van der Waals surface area contributed by atoms with Gasteiger partial charge in [0.2, 0.25) is 0 Å². The lowest BCUT2D eigenvalue weighted by Crippen LogP contribution is -2.45. The second-order valence-electron chi connectivity index (χ2n) is 6.55. The lowest BCUT2D eigenvalue weighted by molar-refractivity contribution is -0.139. The normalized spacial score (nSPS) is 23.0. The van der Waals surface area contributed by atoms with Gasteiger partial charge in [0.25, 0.3) is 0 Å². The van der Waals surface area contributed by atoms with Gasteiger partial charge in [-0.15, -0.1) is 0 Å². The Morgan fingerprint density at radius 3 is 2.64 bits per heavy atom. The number of nitrogens with zero attached hydrogens (tertiary/aromatic N) is 1. The monoisotopic (exact) mass is 301 g/mol. The van der Waals surface area contributed by atoms with E-state index in [-0.39, 0.29) is 17.1 Å².